The average Bonchev–Trinajstić information content (AvgIpc) is 2.65. The minimum Gasteiger partial charge on any atom is -0.368 e. The first-order valence-electron chi connectivity index (χ1n) is 6.42. The maximum absolute atomic E-state index is 12.5. The monoisotopic (exact) mass is 260 g/mol. The Morgan fingerprint density at radius 1 is 1.32 bits per heavy atom. The van der Waals surface area contributed by atoms with E-state index < -0.39 is 11.1 Å². The quantitative estimate of drug-likeness (QED) is 0.844. The van der Waals surface area contributed by atoms with E-state index in [9.17, 15) is 9.90 Å². The number of nitrogens with zero attached hydrogens (tertiary/aromatic N) is 2. The van der Waals surface area contributed by atoms with Crippen LogP contribution in [0, 0.1) is 5.41 Å². The summed E-state index contributed by atoms with van der Waals surface area (Å²) in [6.07, 6.45) is 0.384. The fraction of sp³-hybridized carbons (Fsp3) is 0.467. The zero-order chi connectivity index (χ0) is 14.3. The number of hydrazone groups is 1. The first-order valence-corrected chi connectivity index (χ1v) is 6.42. The molecular weight excluding hydrogens is 240 g/mol. The highest BCUT2D eigenvalue weighted by molar-refractivity contribution is 5.97. The van der Waals surface area contributed by atoms with Gasteiger partial charge in [-0.25, -0.2) is 0 Å². The Kier molecular flexibility index (Phi) is 3.22. The van der Waals surface area contributed by atoms with Crippen molar-refractivity contribution in [2.45, 2.75) is 39.8 Å². The third-order valence-electron chi connectivity index (χ3n) is 3.54. The molecule has 4 nitrogen and oxygen atoms in total. The highest BCUT2D eigenvalue weighted by Gasteiger charge is 2.51. The molecule has 0 radical (unpaired) electrons. The topological polar surface area (TPSA) is 52.9 Å². The number of hydrogen-bond acceptors (Lipinski definition) is 3. The Balaban J connectivity index is 2.40. The van der Waals surface area contributed by atoms with Crippen LogP contribution in [-0.2, 0) is 0 Å². The third-order valence-corrected chi connectivity index (χ3v) is 3.54. The number of rotatable bonds is 1. The lowest BCUT2D eigenvalue weighted by Crippen LogP contribution is -2.54. The third kappa shape index (κ3) is 2.28. The van der Waals surface area contributed by atoms with Crippen molar-refractivity contribution in [2.75, 3.05) is 0 Å². The molecule has 1 aliphatic rings. The van der Waals surface area contributed by atoms with E-state index in [-0.39, 0.29) is 5.91 Å². The Morgan fingerprint density at radius 2 is 1.89 bits per heavy atom. The van der Waals surface area contributed by atoms with Crippen molar-refractivity contribution in [3.05, 3.63) is 35.9 Å². The SMILES string of the molecule is CC1=NN(C(=O)c2ccccc2)[C@@](O)(C(C)(C)C)C1. The van der Waals surface area contributed by atoms with E-state index in [1.807, 2.05) is 33.8 Å². The number of aliphatic hydroxyl groups is 1. The van der Waals surface area contributed by atoms with Gasteiger partial charge in [-0.3, -0.25) is 4.79 Å². The molecule has 0 unspecified atom stereocenters. The van der Waals surface area contributed by atoms with Gasteiger partial charge < -0.3 is 5.11 Å². The lowest BCUT2D eigenvalue weighted by atomic mass is 9.80. The van der Waals surface area contributed by atoms with Gasteiger partial charge in [-0.15, -0.1) is 0 Å². The molecule has 0 spiro atoms. The average molecular weight is 260 g/mol. The summed E-state index contributed by atoms with van der Waals surface area (Å²) in [5.74, 6) is -0.269. The largest absolute Gasteiger partial charge is 0.368 e. The van der Waals surface area contributed by atoms with Crippen molar-refractivity contribution >= 4 is 11.6 Å². The van der Waals surface area contributed by atoms with Crippen LogP contribution in [0.5, 0.6) is 0 Å². The van der Waals surface area contributed by atoms with E-state index in [0.717, 1.165) is 5.71 Å². The lowest BCUT2D eigenvalue weighted by molar-refractivity contribution is -0.143. The van der Waals surface area contributed by atoms with Crippen LogP contribution < -0.4 is 0 Å². The van der Waals surface area contributed by atoms with Gasteiger partial charge in [-0.1, -0.05) is 39.0 Å². The summed E-state index contributed by atoms with van der Waals surface area (Å²) in [5, 5.41) is 16.3. The van der Waals surface area contributed by atoms with Gasteiger partial charge in [0, 0.05) is 23.1 Å². The molecule has 102 valence electrons. The number of carbonyl (C=O) groups excluding carboxylic acids is 1. The first-order chi connectivity index (χ1) is 8.75. The molecule has 0 bridgehead atoms. The first kappa shape index (κ1) is 13.7. The Morgan fingerprint density at radius 3 is 2.42 bits per heavy atom. The van der Waals surface area contributed by atoms with Gasteiger partial charge in [-0.05, 0) is 19.1 Å². The zero-order valence-corrected chi connectivity index (χ0v) is 11.8. The summed E-state index contributed by atoms with van der Waals surface area (Å²) in [4.78, 5) is 12.5. The molecular formula is C15H20N2O2. The number of carbonyl (C=O) groups is 1. The Labute approximate surface area is 113 Å². The molecule has 1 atom stereocenters. The van der Waals surface area contributed by atoms with Gasteiger partial charge in [0.25, 0.3) is 5.91 Å². The predicted molar refractivity (Wildman–Crippen MR) is 74.7 cm³/mol. The summed E-state index contributed by atoms with van der Waals surface area (Å²) in [6.45, 7) is 7.56. The van der Waals surface area contributed by atoms with Gasteiger partial charge in [-0.2, -0.15) is 10.1 Å². The van der Waals surface area contributed by atoms with Crippen LogP contribution in [0.25, 0.3) is 0 Å². The van der Waals surface area contributed by atoms with E-state index in [4.69, 9.17) is 0 Å². The molecule has 1 aromatic carbocycles. The van der Waals surface area contributed by atoms with Crippen molar-refractivity contribution < 1.29 is 9.90 Å². The van der Waals surface area contributed by atoms with Crippen LogP contribution >= 0.6 is 0 Å². The summed E-state index contributed by atoms with van der Waals surface area (Å²) >= 11 is 0. The maximum Gasteiger partial charge on any atom is 0.276 e. The van der Waals surface area contributed by atoms with Crippen molar-refractivity contribution in [1.29, 1.82) is 0 Å². The van der Waals surface area contributed by atoms with E-state index in [0.29, 0.717) is 12.0 Å². The van der Waals surface area contributed by atoms with Gasteiger partial charge in [0.2, 0.25) is 0 Å². The summed E-state index contributed by atoms with van der Waals surface area (Å²) < 4.78 is 0. The number of benzene rings is 1. The lowest BCUT2D eigenvalue weighted by Gasteiger charge is -2.41. The van der Waals surface area contributed by atoms with Crippen LogP contribution in [0.2, 0.25) is 0 Å². The van der Waals surface area contributed by atoms with E-state index in [1.165, 1.54) is 5.01 Å². The molecule has 0 aliphatic carbocycles. The molecule has 1 N–H and O–H groups in total. The maximum atomic E-state index is 12.5. The minimum absolute atomic E-state index is 0.269. The highest BCUT2D eigenvalue weighted by atomic mass is 16.3. The molecule has 0 fully saturated rings. The van der Waals surface area contributed by atoms with Crippen LogP contribution in [-0.4, -0.2) is 27.5 Å². The predicted octanol–water partition coefficient (Wildman–Crippen LogP) is 2.64. The van der Waals surface area contributed by atoms with Crippen LogP contribution in [0.4, 0.5) is 0 Å². The van der Waals surface area contributed by atoms with E-state index in [1.54, 1.807) is 24.3 Å². The molecule has 0 saturated heterocycles. The summed E-state index contributed by atoms with van der Waals surface area (Å²) in [7, 11) is 0. The normalized spacial score (nSPS) is 23.4. The Hall–Kier alpha value is -1.68. The molecule has 1 amide bonds. The fourth-order valence-corrected chi connectivity index (χ4v) is 2.22. The van der Waals surface area contributed by atoms with Crippen LogP contribution in [0.1, 0.15) is 44.5 Å². The number of hydrogen-bond donors (Lipinski definition) is 1. The molecule has 0 saturated carbocycles. The van der Waals surface area contributed by atoms with Crippen molar-refractivity contribution in [3.8, 4) is 0 Å². The van der Waals surface area contributed by atoms with E-state index >= 15 is 0 Å². The molecule has 2 rings (SSSR count). The van der Waals surface area contributed by atoms with Crippen LogP contribution in [0.3, 0.4) is 0 Å². The zero-order valence-electron chi connectivity index (χ0n) is 11.8. The smallest absolute Gasteiger partial charge is 0.276 e. The molecule has 4 heteroatoms. The Bertz CT molecular complexity index is 517. The molecule has 0 aromatic heterocycles. The van der Waals surface area contributed by atoms with E-state index in [2.05, 4.69) is 5.10 Å². The standard InChI is InChI=1S/C15H20N2O2/c1-11-10-15(19,14(2,3)4)17(16-11)13(18)12-8-6-5-7-9-12/h5-9,19H,10H2,1-4H3/t15-/m0/s1. The fourth-order valence-electron chi connectivity index (χ4n) is 2.22. The molecule has 1 heterocycles. The van der Waals surface area contributed by atoms with Crippen molar-refractivity contribution in [1.82, 2.24) is 5.01 Å². The van der Waals surface area contributed by atoms with Crippen molar-refractivity contribution in [2.24, 2.45) is 10.5 Å². The highest BCUT2D eigenvalue weighted by Crippen LogP contribution is 2.41. The van der Waals surface area contributed by atoms with Crippen molar-refractivity contribution in [3.63, 3.8) is 0 Å². The second kappa shape index (κ2) is 4.46. The molecule has 19 heavy (non-hydrogen) atoms. The molecule has 1 aliphatic heterocycles. The van der Waals surface area contributed by atoms with Gasteiger partial charge in [0.1, 0.15) is 0 Å². The molecule has 1 aromatic rings. The van der Waals surface area contributed by atoms with Gasteiger partial charge >= 0.3 is 0 Å². The van der Waals surface area contributed by atoms with Crippen LogP contribution in [0.15, 0.2) is 35.4 Å². The second-order valence-corrected chi connectivity index (χ2v) is 6.06. The summed E-state index contributed by atoms with van der Waals surface area (Å²) in [5.41, 5.74) is -0.451. The van der Waals surface area contributed by atoms with Gasteiger partial charge in [0.15, 0.2) is 5.72 Å². The summed E-state index contributed by atoms with van der Waals surface area (Å²) in [6, 6.07) is 8.92. The second-order valence-electron chi connectivity index (χ2n) is 6.06. The minimum atomic E-state index is -1.27. The number of amides is 1. The van der Waals surface area contributed by atoms with Gasteiger partial charge in [0.05, 0.1) is 0 Å².